The fourth-order valence-corrected chi connectivity index (χ4v) is 8.13. The van der Waals surface area contributed by atoms with Crippen LogP contribution < -0.4 is 9.47 Å². The lowest BCUT2D eigenvalue weighted by Crippen LogP contribution is -2.39. The molecule has 0 aliphatic carbocycles. The molecule has 0 saturated heterocycles. The summed E-state index contributed by atoms with van der Waals surface area (Å²) >= 11 is 0. The van der Waals surface area contributed by atoms with E-state index in [1.165, 1.54) is 33.3 Å². The molecule has 0 radical (unpaired) electrons. The normalized spacial score (nSPS) is 8.01. The van der Waals surface area contributed by atoms with E-state index in [0.717, 1.165) is 48.7 Å². The van der Waals surface area contributed by atoms with Crippen LogP contribution in [0, 0.1) is 463 Å². The molecule has 6 nitrogen and oxygen atoms in total. The first-order valence-corrected chi connectivity index (χ1v) is 31.8. The van der Waals surface area contributed by atoms with Gasteiger partial charge < -0.3 is 14.5 Å². The first-order chi connectivity index (χ1) is 56.7. The number of aromatic amines is 1. The van der Waals surface area contributed by atoms with Crippen LogP contribution in [0.3, 0.4) is 0 Å². The van der Waals surface area contributed by atoms with E-state index in [9.17, 15) is 0 Å². The van der Waals surface area contributed by atoms with Crippen molar-refractivity contribution in [2.75, 3.05) is 13.7 Å². The molecule has 1 N–H and O–H groups in total. The van der Waals surface area contributed by atoms with Crippen LogP contribution in [0.25, 0.3) is 16.6 Å². The highest BCUT2D eigenvalue weighted by molar-refractivity contribution is 5.85. The van der Waals surface area contributed by atoms with Crippen molar-refractivity contribution in [1.29, 1.82) is 0 Å². The molecule has 3 aromatic carbocycles. The van der Waals surface area contributed by atoms with E-state index in [2.05, 4.69) is 526 Å². The number of aromatic nitrogens is 3. The molecular formula is C108H30N4O2. The summed E-state index contributed by atoms with van der Waals surface area (Å²) in [5.74, 6) is 190. The van der Waals surface area contributed by atoms with Crippen LogP contribution in [0.5, 0.6) is 11.5 Å². The van der Waals surface area contributed by atoms with Crippen molar-refractivity contribution in [1.82, 2.24) is 19.7 Å². The van der Waals surface area contributed by atoms with E-state index in [1.807, 2.05) is 16.9 Å². The Morgan fingerprint density at radius 3 is 0.965 bits per heavy atom. The third kappa shape index (κ3) is 36.4. The van der Waals surface area contributed by atoms with Crippen molar-refractivity contribution in [3.63, 3.8) is 0 Å². The summed E-state index contributed by atoms with van der Waals surface area (Å²) in [7, 11) is 1.73. The Balaban J connectivity index is 0.000000455. The lowest BCUT2D eigenvalue weighted by atomic mass is 9.85. The summed E-state index contributed by atoms with van der Waals surface area (Å²) in [6, 6.07) is 23.6. The SMILES string of the molecule is C#CC#CC#CC#CC#CC#CC#CC#CC#CC#CC#CC#CC#CC#CC#CC#CC#CC#CC#CC#CC#CC#CC#CC#CC#CC#CC#CC#CC#CC#CC#CC#CC#CC#CC#CC#CC#CC#CC#C.COc1cc2c(cc1OCc1ccc(-n3cccn3)cc1)CCN1Cc3[nH]c4ccccc4c3CC21. The van der Waals surface area contributed by atoms with Gasteiger partial charge in [-0.25, -0.2) is 4.68 Å². The van der Waals surface area contributed by atoms with Crippen LogP contribution in [-0.4, -0.2) is 33.3 Å². The molecule has 4 heterocycles. The monoisotopic (exact) mass is 1410 g/mol. The van der Waals surface area contributed by atoms with Gasteiger partial charge >= 0.3 is 0 Å². The van der Waals surface area contributed by atoms with Crippen LogP contribution in [0.15, 0.2) is 79.1 Å². The average molecular weight is 1420 g/mol. The van der Waals surface area contributed by atoms with Gasteiger partial charge in [-0.05, 0) is 166 Å². The first-order valence-electron chi connectivity index (χ1n) is 31.8. The number of nitrogens with one attached hydrogen (secondary N) is 1. The van der Waals surface area contributed by atoms with E-state index < -0.39 is 0 Å². The number of ether oxygens (including phenoxy) is 2. The third-order valence-corrected chi connectivity index (χ3v) is 12.4. The molecule has 1 atom stereocenters. The lowest BCUT2D eigenvalue weighted by Gasteiger charge is -2.40. The number of para-hydroxylation sites is 1. The fourth-order valence-electron chi connectivity index (χ4n) is 8.13. The molecule has 5 aromatic rings. The highest BCUT2D eigenvalue weighted by Gasteiger charge is 2.34. The number of benzene rings is 3. The number of hydrogen-bond donors (Lipinski definition) is 1. The van der Waals surface area contributed by atoms with Crippen LogP contribution in [0.4, 0.5) is 0 Å². The molecule has 2 aromatic heterocycles. The van der Waals surface area contributed by atoms with Crippen molar-refractivity contribution in [3.8, 4) is 480 Å². The number of H-pyrrole nitrogens is 1. The van der Waals surface area contributed by atoms with Crippen molar-refractivity contribution >= 4 is 10.9 Å². The molecule has 2 aliphatic heterocycles. The Kier molecular flexibility index (Phi) is 40.5. The van der Waals surface area contributed by atoms with Crippen LogP contribution >= 0.6 is 0 Å². The van der Waals surface area contributed by atoms with E-state index in [4.69, 9.17) is 22.3 Å². The van der Waals surface area contributed by atoms with E-state index in [0.29, 0.717) is 12.6 Å². The summed E-state index contributed by atoms with van der Waals surface area (Å²) in [5.41, 5.74) is 8.93. The van der Waals surface area contributed by atoms with Crippen LogP contribution in [0.1, 0.15) is 34.0 Å². The zero-order valence-electron chi connectivity index (χ0n) is 59.4. The summed E-state index contributed by atoms with van der Waals surface area (Å²) in [6.07, 6.45) is 15.6. The Bertz CT molecular complexity index is 7230. The number of terminal acetylenes is 2. The van der Waals surface area contributed by atoms with Crippen LogP contribution in [-0.2, 0) is 26.0 Å². The van der Waals surface area contributed by atoms with E-state index in [1.54, 1.807) is 13.3 Å². The zero-order valence-corrected chi connectivity index (χ0v) is 59.4. The fraction of sp³-hybridized carbons (Fsp3) is 0.0648. The Labute approximate surface area is 668 Å². The Hall–Kier alpha value is -21.2. The van der Waals surface area contributed by atoms with Gasteiger partial charge in [0.25, 0.3) is 0 Å². The van der Waals surface area contributed by atoms with E-state index in [-0.39, 0.29) is 0 Å². The second-order valence-corrected chi connectivity index (χ2v) is 19.2. The smallest absolute Gasteiger partial charge is 0.161 e. The lowest BCUT2D eigenvalue weighted by molar-refractivity contribution is 0.158. The number of fused-ring (bicyclic) bond motifs is 6. The maximum atomic E-state index is 6.28. The molecule has 2 aliphatic rings. The predicted octanol–water partition coefficient (Wildman–Crippen LogP) is 5.98. The quantitative estimate of drug-likeness (QED) is 0.221. The summed E-state index contributed by atoms with van der Waals surface area (Å²) < 4.78 is 13.9. The molecule has 7 rings (SSSR count). The van der Waals surface area contributed by atoms with Gasteiger partial charge in [-0.2, -0.15) is 5.10 Å². The molecule has 0 fully saturated rings. The maximum absolute atomic E-state index is 6.28. The maximum Gasteiger partial charge on any atom is 0.161 e. The highest BCUT2D eigenvalue weighted by Crippen LogP contribution is 2.44. The Morgan fingerprint density at radius 1 is 0.368 bits per heavy atom. The van der Waals surface area contributed by atoms with Gasteiger partial charge in [0.1, 0.15) is 6.61 Å². The van der Waals surface area contributed by atoms with Crippen LogP contribution in [0.2, 0.25) is 0 Å². The van der Waals surface area contributed by atoms with Crippen molar-refractivity contribution < 1.29 is 9.47 Å². The molecule has 0 saturated carbocycles. The molecule has 114 heavy (non-hydrogen) atoms. The molecule has 0 amide bonds. The van der Waals surface area contributed by atoms with E-state index >= 15 is 0 Å². The largest absolute Gasteiger partial charge is 0.493 e. The molecule has 494 valence electrons. The molecule has 6 heteroatoms. The van der Waals surface area contributed by atoms with Gasteiger partial charge in [0.05, 0.1) is 12.8 Å². The number of nitrogens with zero attached hydrogens (tertiary/aromatic N) is 3. The number of hydrogen-bond acceptors (Lipinski definition) is 4. The molecule has 0 spiro atoms. The van der Waals surface area contributed by atoms with Gasteiger partial charge in [-0.3, -0.25) is 4.90 Å². The predicted molar refractivity (Wildman–Crippen MR) is 445 cm³/mol. The molecule has 0 bridgehead atoms. The van der Waals surface area contributed by atoms with Crippen molar-refractivity contribution in [3.05, 3.63) is 107 Å². The first kappa shape index (κ1) is 81.8. The second-order valence-electron chi connectivity index (χ2n) is 19.2. The van der Waals surface area contributed by atoms with Gasteiger partial charge in [0.15, 0.2) is 11.5 Å². The minimum atomic E-state index is 0.359. The van der Waals surface area contributed by atoms with Gasteiger partial charge in [-0.1, -0.05) is 30.3 Å². The molecule has 1 unspecified atom stereocenters. The summed E-state index contributed by atoms with van der Waals surface area (Å²) in [6.45, 7) is 2.50. The minimum absolute atomic E-state index is 0.359. The van der Waals surface area contributed by atoms with Gasteiger partial charge in [0.2, 0.25) is 0 Å². The third-order valence-electron chi connectivity index (χ3n) is 12.4. The topological polar surface area (TPSA) is 55.3 Å². The van der Waals surface area contributed by atoms with Gasteiger partial charge in [-0.15, -0.1) is 12.8 Å². The van der Waals surface area contributed by atoms with Crippen molar-refractivity contribution in [2.24, 2.45) is 0 Å². The Morgan fingerprint density at radius 2 is 0.675 bits per heavy atom. The number of rotatable bonds is 5. The molecular weight excluding hydrogens is 1390 g/mol. The minimum Gasteiger partial charge on any atom is -0.493 e. The zero-order chi connectivity index (χ0) is 79.8. The average Bonchev–Trinajstić information content (AvgIpc) is 1.40. The summed E-state index contributed by atoms with van der Waals surface area (Å²) in [5, 5.41) is 5.64. The van der Waals surface area contributed by atoms with Gasteiger partial charge in [0, 0.05) is 403 Å². The second kappa shape index (κ2) is 56.5. The van der Waals surface area contributed by atoms with Crippen molar-refractivity contribution in [2.45, 2.75) is 32.0 Å². The highest BCUT2D eigenvalue weighted by atomic mass is 16.5. The standard InChI is InChI=1S/C78H2.C30H28N4O2/c1-3-5-7-9-11-13-15-17-19-21-23-25-27-29-31-33-35-37-39-41-43-45-47-49-51-53-55-57-59-61-63-65-67-69-71-73-75-77-78-76-74-72-70-68-66-64-62-60-58-56-54-52-50-48-46-44-42-40-38-36-34-32-30-28-26-24-22-20-18-16-14-12-10-8-6-4-2;1-35-29-17-24-21(15-30(29)36-19-20-7-9-22(10-8-20)34-13-4-12-31-34)11-14-33-18-27-25(16-28(24)33)23-5-2-3-6-26(23)32-27/h1-2H;2-10,12-13,15,17,28,32H,11,14,16,18-19H2,1H3. The summed E-state index contributed by atoms with van der Waals surface area (Å²) in [4.78, 5) is 6.26. The number of methoxy groups -OCH3 is 1.